The van der Waals surface area contributed by atoms with Crippen LogP contribution in [0, 0.1) is 6.92 Å². The van der Waals surface area contributed by atoms with Crippen molar-refractivity contribution in [3.63, 3.8) is 0 Å². The zero-order chi connectivity index (χ0) is 13.9. The van der Waals surface area contributed by atoms with Gasteiger partial charge in [-0.2, -0.15) is 0 Å². The second-order valence-corrected chi connectivity index (χ2v) is 5.49. The quantitative estimate of drug-likeness (QED) is 0.797. The molecule has 2 aromatic rings. The van der Waals surface area contributed by atoms with Gasteiger partial charge in [0.1, 0.15) is 12.4 Å². The number of ether oxygens (including phenoxy) is 1. The van der Waals surface area contributed by atoms with Crippen molar-refractivity contribution in [2.75, 3.05) is 18.1 Å². The first-order valence-electron chi connectivity index (χ1n) is 6.37. The van der Waals surface area contributed by atoms with Crippen LogP contribution in [0.15, 0.2) is 35.7 Å². The number of amides is 1. The third-order valence-corrected chi connectivity index (χ3v) is 3.82. The van der Waals surface area contributed by atoms with E-state index in [1.54, 1.807) is 28.4 Å². The summed E-state index contributed by atoms with van der Waals surface area (Å²) >= 11 is 1.57. The number of carbonyl (C=O) groups excluding carboxylic acids is 1. The molecule has 0 bridgehead atoms. The number of fused-ring (bicyclic) bond motifs is 1. The topological polar surface area (TPSA) is 42.4 Å². The van der Waals surface area contributed by atoms with E-state index in [1.165, 1.54) is 0 Å². The Morgan fingerprint density at radius 3 is 3.10 bits per heavy atom. The molecular weight excluding hydrogens is 272 g/mol. The van der Waals surface area contributed by atoms with Gasteiger partial charge >= 0.3 is 0 Å². The van der Waals surface area contributed by atoms with Crippen molar-refractivity contribution in [2.45, 2.75) is 6.92 Å². The maximum atomic E-state index is 12.3. The molecule has 0 spiro atoms. The monoisotopic (exact) mass is 286 g/mol. The van der Waals surface area contributed by atoms with Crippen LogP contribution in [-0.2, 0) is 4.79 Å². The molecule has 1 aliphatic heterocycles. The maximum absolute atomic E-state index is 12.3. The summed E-state index contributed by atoms with van der Waals surface area (Å²) in [5.74, 6) is 0.705. The Kier molecular flexibility index (Phi) is 3.52. The summed E-state index contributed by atoms with van der Waals surface area (Å²) < 4.78 is 5.54. The molecule has 0 aliphatic carbocycles. The van der Waals surface area contributed by atoms with Crippen LogP contribution in [0.5, 0.6) is 5.75 Å². The number of rotatable bonds is 2. The summed E-state index contributed by atoms with van der Waals surface area (Å²) in [7, 11) is 0. The molecule has 0 saturated carbocycles. The van der Waals surface area contributed by atoms with Crippen LogP contribution in [0.2, 0.25) is 0 Å². The molecule has 5 heteroatoms. The molecule has 3 rings (SSSR count). The van der Waals surface area contributed by atoms with E-state index in [2.05, 4.69) is 4.98 Å². The van der Waals surface area contributed by atoms with Gasteiger partial charge in [-0.1, -0.05) is 12.1 Å². The van der Waals surface area contributed by atoms with Crippen molar-refractivity contribution in [2.24, 2.45) is 0 Å². The van der Waals surface area contributed by atoms with Gasteiger partial charge in [-0.3, -0.25) is 4.79 Å². The first kappa shape index (κ1) is 12.9. The highest BCUT2D eigenvalue weighted by Crippen LogP contribution is 2.31. The molecule has 1 aromatic carbocycles. The highest BCUT2D eigenvalue weighted by Gasteiger charge is 2.21. The SMILES string of the molecule is Cc1nc(C=CC(=O)N2CCOc3ccccc32)cs1. The third-order valence-electron chi connectivity index (χ3n) is 3.03. The number of hydrogen-bond acceptors (Lipinski definition) is 4. The largest absolute Gasteiger partial charge is 0.490 e. The minimum absolute atomic E-state index is 0.0496. The Balaban J connectivity index is 1.80. The van der Waals surface area contributed by atoms with Crippen molar-refractivity contribution < 1.29 is 9.53 Å². The van der Waals surface area contributed by atoms with E-state index in [1.807, 2.05) is 36.6 Å². The van der Waals surface area contributed by atoms with Gasteiger partial charge in [-0.15, -0.1) is 11.3 Å². The van der Waals surface area contributed by atoms with Crippen molar-refractivity contribution >= 4 is 29.0 Å². The number of nitrogens with zero attached hydrogens (tertiary/aromatic N) is 2. The number of hydrogen-bond donors (Lipinski definition) is 0. The smallest absolute Gasteiger partial charge is 0.251 e. The van der Waals surface area contributed by atoms with Gasteiger partial charge in [0.2, 0.25) is 0 Å². The van der Waals surface area contributed by atoms with Gasteiger partial charge in [0.05, 0.1) is 22.9 Å². The van der Waals surface area contributed by atoms with Crippen LogP contribution in [0.3, 0.4) is 0 Å². The number of thiazole rings is 1. The molecule has 0 fully saturated rings. The molecule has 0 N–H and O–H groups in total. The lowest BCUT2D eigenvalue weighted by Crippen LogP contribution is -2.36. The highest BCUT2D eigenvalue weighted by molar-refractivity contribution is 7.09. The third kappa shape index (κ3) is 2.58. The number of aromatic nitrogens is 1. The summed E-state index contributed by atoms with van der Waals surface area (Å²) in [5.41, 5.74) is 1.64. The molecule has 2 heterocycles. The maximum Gasteiger partial charge on any atom is 0.251 e. The van der Waals surface area contributed by atoms with Crippen LogP contribution in [0.25, 0.3) is 6.08 Å². The van der Waals surface area contributed by atoms with Crippen LogP contribution >= 0.6 is 11.3 Å². The lowest BCUT2D eigenvalue weighted by atomic mass is 10.2. The normalized spacial score (nSPS) is 14.2. The molecule has 4 nitrogen and oxygen atoms in total. The van der Waals surface area contributed by atoms with E-state index in [0.29, 0.717) is 13.2 Å². The Morgan fingerprint density at radius 2 is 2.30 bits per heavy atom. The van der Waals surface area contributed by atoms with Gasteiger partial charge in [0.25, 0.3) is 5.91 Å². The standard InChI is InChI=1S/C15H14N2O2S/c1-11-16-12(10-20-11)6-7-15(18)17-8-9-19-14-5-3-2-4-13(14)17/h2-7,10H,8-9H2,1H3. The molecule has 0 unspecified atom stereocenters. The van der Waals surface area contributed by atoms with Crippen molar-refractivity contribution in [1.82, 2.24) is 4.98 Å². The van der Waals surface area contributed by atoms with Crippen LogP contribution < -0.4 is 9.64 Å². The Labute approximate surface area is 121 Å². The van der Waals surface area contributed by atoms with Crippen LogP contribution in [0.1, 0.15) is 10.7 Å². The molecule has 1 aliphatic rings. The van der Waals surface area contributed by atoms with E-state index in [-0.39, 0.29) is 5.91 Å². The molecule has 0 atom stereocenters. The first-order valence-corrected chi connectivity index (χ1v) is 7.25. The van der Waals surface area contributed by atoms with Crippen molar-refractivity contribution in [1.29, 1.82) is 0 Å². The predicted molar refractivity (Wildman–Crippen MR) is 80.2 cm³/mol. The average Bonchev–Trinajstić information content (AvgIpc) is 2.90. The Bertz CT molecular complexity index is 663. The van der Waals surface area contributed by atoms with E-state index < -0.39 is 0 Å². The predicted octanol–water partition coefficient (Wildman–Crippen LogP) is 2.89. The second-order valence-electron chi connectivity index (χ2n) is 4.43. The molecule has 1 aromatic heterocycles. The summed E-state index contributed by atoms with van der Waals surface area (Å²) in [4.78, 5) is 18.3. The van der Waals surface area contributed by atoms with Crippen LogP contribution in [-0.4, -0.2) is 24.0 Å². The Morgan fingerprint density at radius 1 is 1.45 bits per heavy atom. The Hall–Kier alpha value is -2.14. The lowest BCUT2D eigenvalue weighted by molar-refractivity contribution is -0.114. The minimum Gasteiger partial charge on any atom is -0.490 e. The van der Waals surface area contributed by atoms with Crippen LogP contribution in [0.4, 0.5) is 5.69 Å². The molecule has 1 amide bonds. The summed E-state index contributed by atoms with van der Waals surface area (Å²) in [6.07, 6.45) is 3.32. The number of aryl methyl sites for hydroxylation is 1. The number of anilines is 1. The van der Waals surface area contributed by atoms with Crippen molar-refractivity contribution in [3.05, 3.63) is 46.4 Å². The van der Waals surface area contributed by atoms with Gasteiger partial charge in [-0.25, -0.2) is 4.98 Å². The molecule has 20 heavy (non-hydrogen) atoms. The number of para-hydroxylation sites is 2. The van der Waals surface area contributed by atoms with Gasteiger partial charge in [-0.05, 0) is 25.1 Å². The second kappa shape index (κ2) is 5.46. The van der Waals surface area contributed by atoms with E-state index in [9.17, 15) is 4.79 Å². The minimum atomic E-state index is -0.0496. The highest BCUT2D eigenvalue weighted by atomic mass is 32.1. The van der Waals surface area contributed by atoms with E-state index in [4.69, 9.17) is 4.74 Å². The van der Waals surface area contributed by atoms with E-state index >= 15 is 0 Å². The van der Waals surface area contributed by atoms with E-state index in [0.717, 1.165) is 22.1 Å². The molecule has 102 valence electrons. The fourth-order valence-corrected chi connectivity index (χ4v) is 2.68. The molecule has 0 radical (unpaired) electrons. The number of carbonyl (C=O) groups is 1. The summed E-state index contributed by atoms with van der Waals surface area (Å²) in [6.45, 7) is 3.03. The zero-order valence-corrected chi connectivity index (χ0v) is 11.9. The first-order chi connectivity index (χ1) is 9.74. The lowest BCUT2D eigenvalue weighted by Gasteiger charge is -2.28. The molecular formula is C15H14N2O2S. The van der Waals surface area contributed by atoms with Crippen molar-refractivity contribution in [3.8, 4) is 5.75 Å². The zero-order valence-electron chi connectivity index (χ0n) is 11.1. The summed E-state index contributed by atoms with van der Waals surface area (Å²) in [5, 5.41) is 2.93. The fraction of sp³-hybridized carbons (Fsp3) is 0.200. The summed E-state index contributed by atoms with van der Waals surface area (Å²) in [6, 6.07) is 7.58. The van der Waals surface area contributed by atoms with Gasteiger partial charge in [0.15, 0.2) is 0 Å². The number of benzene rings is 1. The van der Waals surface area contributed by atoms with Gasteiger partial charge < -0.3 is 9.64 Å². The average molecular weight is 286 g/mol. The van der Waals surface area contributed by atoms with Gasteiger partial charge in [0, 0.05) is 11.5 Å². The molecule has 0 saturated heterocycles. The fourth-order valence-electron chi connectivity index (χ4n) is 2.10.